The average molecular weight is 493 g/mol. The van der Waals surface area contributed by atoms with Crippen LogP contribution in [0.25, 0.3) is 0 Å². The quantitative estimate of drug-likeness (QED) is 0.315. The van der Waals surface area contributed by atoms with Crippen molar-refractivity contribution in [1.29, 1.82) is 0 Å². The van der Waals surface area contributed by atoms with Gasteiger partial charge in [-0.2, -0.15) is 4.98 Å². The molecule has 0 saturated heterocycles. The number of carbonyl (C=O) groups is 1. The normalized spacial score (nSPS) is 13.7. The first kappa shape index (κ1) is 21.0. The van der Waals surface area contributed by atoms with Gasteiger partial charge in [0.2, 0.25) is 11.9 Å². The number of hydrazine groups is 2. The molecular weight excluding hydrogens is 458 g/mol. The van der Waals surface area contributed by atoms with Crippen LogP contribution in [0.2, 0.25) is 0 Å². The largest absolute Gasteiger partial charge is 0.494 e. The zero-order valence-electron chi connectivity index (χ0n) is 23.4. The summed E-state index contributed by atoms with van der Waals surface area (Å²) in [6.07, 6.45) is 2.80. The maximum atomic E-state index is 12.2. The molecule has 36 heavy (non-hydrogen) atoms. The fourth-order valence-electron chi connectivity index (χ4n) is 3.64. The van der Waals surface area contributed by atoms with Crippen molar-refractivity contribution in [3.8, 4) is 5.75 Å². The number of hydrogen-bond donors (Lipinski definition) is 4. The summed E-state index contributed by atoms with van der Waals surface area (Å²) in [6, 6.07) is 13.0. The average Bonchev–Trinajstić information content (AvgIpc) is 3.35. The van der Waals surface area contributed by atoms with Gasteiger partial charge in [0.1, 0.15) is 5.75 Å². The highest BCUT2D eigenvalue weighted by Crippen LogP contribution is 2.38. The predicted molar refractivity (Wildman–Crippen MR) is 144 cm³/mol. The third-order valence-electron chi connectivity index (χ3n) is 5.51. The molecule has 0 atom stereocenters. The number of nitrogens with one attached hydrogen (secondary N) is 4. The zero-order chi connectivity index (χ0) is 28.2. The van der Waals surface area contributed by atoms with Crippen molar-refractivity contribution in [3.05, 3.63) is 61.3 Å². The van der Waals surface area contributed by atoms with Crippen LogP contribution in [0, 0.1) is 0 Å². The highest BCUT2D eigenvalue weighted by atomic mass is 16.5. The van der Waals surface area contributed by atoms with Gasteiger partial charge in [0.25, 0.3) is 0 Å². The van der Waals surface area contributed by atoms with E-state index in [0.717, 1.165) is 11.4 Å². The Morgan fingerprint density at radius 3 is 2.86 bits per heavy atom. The number of para-hydroxylation sites is 2. The molecular formula is C25H31N9O2. The van der Waals surface area contributed by atoms with E-state index in [0.29, 0.717) is 41.1 Å². The molecule has 4 rings (SSSR count). The molecule has 0 spiro atoms. The van der Waals surface area contributed by atoms with Crippen molar-refractivity contribution in [1.82, 2.24) is 20.4 Å². The Morgan fingerprint density at radius 1 is 1.25 bits per heavy atom. The Labute approximate surface area is 214 Å². The third kappa shape index (κ3) is 5.48. The number of aromatic nitrogens is 2. The van der Waals surface area contributed by atoms with E-state index in [4.69, 9.17) is 8.85 Å². The molecule has 1 aliphatic heterocycles. The summed E-state index contributed by atoms with van der Waals surface area (Å²) in [5, 5.41) is 7.79. The van der Waals surface area contributed by atoms with E-state index in [1.165, 1.54) is 25.1 Å². The first-order valence-electron chi connectivity index (χ1n) is 12.7. The number of hydrogen-bond acceptors (Lipinski definition) is 10. The first-order chi connectivity index (χ1) is 18.6. The predicted octanol–water partition coefficient (Wildman–Crippen LogP) is 3.33. The molecule has 0 bridgehead atoms. The Hall–Kier alpha value is -4.35. The molecule has 4 N–H and O–H groups in total. The standard InChI is InChI=1S/C25H31N9O2/c1-6-24(35)27-18-15-19(22(36-5)16-21(18)33(4)14-13-32(2)3)28-25-26-12-11-23(29-25)34-20-10-8-7-9-17(20)30-31-34/h6-12,15-16,30-31H,1,13-14H2,2-5H3,(H,27,35)(H,26,28,29)/i2D3. The van der Waals surface area contributed by atoms with E-state index >= 15 is 0 Å². The van der Waals surface area contributed by atoms with Gasteiger partial charge in [0.15, 0.2) is 5.82 Å². The molecule has 2 aromatic carbocycles. The molecule has 3 aromatic rings. The molecule has 1 aliphatic rings. The van der Waals surface area contributed by atoms with Gasteiger partial charge < -0.3 is 30.6 Å². The van der Waals surface area contributed by atoms with Crippen LogP contribution >= 0.6 is 0 Å². The van der Waals surface area contributed by atoms with E-state index in [1.54, 1.807) is 36.5 Å². The summed E-state index contributed by atoms with van der Waals surface area (Å²) in [4.78, 5) is 24.4. The lowest BCUT2D eigenvalue weighted by Gasteiger charge is -2.26. The molecule has 11 nitrogen and oxygen atoms in total. The van der Waals surface area contributed by atoms with Crippen molar-refractivity contribution in [3.63, 3.8) is 0 Å². The number of rotatable bonds is 10. The second kappa shape index (κ2) is 10.9. The summed E-state index contributed by atoms with van der Waals surface area (Å²) in [5.41, 5.74) is 9.61. The number of ether oxygens (including phenoxy) is 1. The van der Waals surface area contributed by atoms with Gasteiger partial charge in [0.05, 0.1) is 35.5 Å². The summed E-state index contributed by atoms with van der Waals surface area (Å²) >= 11 is 0. The molecule has 0 radical (unpaired) electrons. The monoisotopic (exact) mass is 492 g/mol. The van der Waals surface area contributed by atoms with Crippen LogP contribution in [0.5, 0.6) is 5.75 Å². The number of nitrogens with zero attached hydrogens (tertiary/aromatic N) is 5. The van der Waals surface area contributed by atoms with Gasteiger partial charge in [-0.05, 0) is 38.3 Å². The fourth-order valence-corrected chi connectivity index (χ4v) is 3.64. The minimum Gasteiger partial charge on any atom is -0.494 e. The van der Waals surface area contributed by atoms with Gasteiger partial charge >= 0.3 is 0 Å². The number of fused-ring (bicyclic) bond motifs is 1. The minimum atomic E-state index is -2.20. The maximum Gasteiger partial charge on any atom is 0.247 e. The van der Waals surface area contributed by atoms with E-state index in [9.17, 15) is 4.79 Å². The molecule has 188 valence electrons. The lowest BCUT2D eigenvalue weighted by atomic mass is 10.2. The molecule has 0 fully saturated rings. The summed E-state index contributed by atoms with van der Waals surface area (Å²) < 4.78 is 28.4. The Bertz CT molecular complexity index is 1350. The topological polar surface area (TPSA) is 110 Å². The second-order valence-electron chi connectivity index (χ2n) is 8.06. The molecule has 0 unspecified atom stereocenters. The van der Waals surface area contributed by atoms with Crippen LogP contribution in [0.4, 0.5) is 40.2 Å². The van der Waals surface area contributed by atoms with Gasteiger partial charge in [-0.1, -0.05) is 18.7 Å². The number of likely N-dealkylation sites (N-methyl/N-ethyl adjacent to an activating group) is 2. The van der Waals surface area contributed by atoms with Crippen LogP contribution in [0.3, 0.4) is 0 Å². The fraction of sp³-hybridized carbons (Fsp3) is 0.240. The Balaban J connectivity index is 1.62. The van der Waals surface area contributed by atoms with Crippen molar-refractivity contribution in [2.24, 2.45) is 0 Å². The molecule has 1 aromatic heterocycles. The SMILES string of the molecule is [2H]C([2H])([2H])N(C)CCN(C)c1cc(OC)c(Nc2nccc(N3NNc4ccccc43)n2)cc1NC(=O)C=C. The van der Waals surface area contributed by atoms with Crippen molar-refractivity contribution < 1.29 is 13.6 Å². The number of benzene rings is 2. The van der Waals surface area contributed by atoms with Gasteiger partial charge in [-0.15, -0.1) is 5.53 Å². The van der Waals surface area contributed by atoms with E-state index in [2.05, 4.69) is 38.1 Å². The van der Waals surface area contributed by atoms with E-state index in [-0.39, 0.29) is 6.54 Å². The first-order valence-corrected chi connectivity index (χ1v) is 11.2. The molecule has 0 saturated carbocycles. The zero-order valence-corrected chi connectivity index (χ0v) is 20.4. The van der Waals surface area contributed by atoms with Crippen LogP contribution in [0.15, 0.2) is 61.3 Å². The lowest BCUT2D eigenvalue weighted by molar-refractivity contribution is -0.111. The second-order valence-corrected chi connectivity index (χ2v) is 8.06. The lowest BCUT2D eigenvalue weighted by Crippen LogP contribution is -2.32. The van der Waals surface area contributed by atoms with E-state index < -0.39 is 12.9 Å². The number of anilines is 7. The smallest absolute Gasteiger partial charge is 0.247 e. The number of methoxy groups -OCH3 is 1. The highest BCUT2D eigenvalue weighted by Gasteiger charge is 2.21. The summed E-state index contributed by atoms with van der Waals surface area (Å²) in [6.45, 7) is 1.98. The number of amides is 1. The Morgan fingerprint density at radius 2 is 2.08 bits per heavy atom. The van der Waals surface area contributed by atoms with Crippen molar-refractivity contribution in [2.45, 2.75) is 0 Å². The highest BCUT2D eigenvalue weighted by molar-refractivity contribution is 6.02. The van der Waals surface area contributed by atoms with Crippen LogP contribution in [-0.4, -0.2) is 62.0 Å². The minimum absolute atomic E-state index is 0.271. The summed E-state index contributed by atoms with van der Waals surface area (Å²) in [7, 11) is 4.87. The maximum absolute atomic E-state index is 12.2. The van der Waals surface area contributed by atoms with Crippen molar-refractivity contribution in [2.75, 3.05) is 67.2 Å². The Kier molecular flexibility index (Phi) is 6.37. The van der Waals surface area contributed by atoms with Gasteiger partial charge in [0, 0.05) is 42.6 Å². The third-order valence-corrected chi connectivity index (χ3v) is 5.51. The van der Waals surface area contributed by atoms with Gasteiger partial charge in [-0.3, -0.25) is 4.79 Å². The van der Waals surface area contributed by atoms with Crippen LogP contribution < -0.4 is 36.2 Å². The van der Waals surface area contributed by atoms with Crippen LogP contribution in [0.1, 0.15) is 4.11 Å². The number of carbonyl (C=O) groups excluding carboxylic acids is 1. The molecule has 2 heterocycles. The van der Waals surface area contributed by atoms with Gasteiger partial charge in [-0.25, -0.2) is 9.99 Å². The van der Waals surface area contributed by atoms with Crippen LogP contribution in [-0.2, 0) is 4.79 Å². The molecule has 0 aliphatic carbocycles. The summed E-state index contributed by atoms with van der Waals surface area (Å²) in [5.74, 6) is 0.972. The van der Waals surface area contributed by atoms with Crippen molar-refractivity contribution >= 4 is 46.1 Å². The van der Waals surface area contributed by atoms with E-state index in [1.807, 2.05) is 29.2 Å². The molecule has 11 heteroatoms. The molecule has 1 amide bonds.